The maximum absolute atomic E-state index is 5.92. The number of hydrogen-bond donors (Lipinski definition) is 2. The van der Waals surface area contributed by atoms with Gasteiger partial charge in [-0.3, -0.25) is 0 Å². The number of halogens is 1. The van der Waals surface area contributed by atoms with Gasteiger partial charge in [0, 0.05) is 36.1 Å². The first-order valence-corrected chi connectivity index (χ1v) is 7.17. The minimum Gasteiger partial charge on any atom is -0.363 e. The third-order valence-corrected chi connectivity index (χ3v) is 3.85. The lowest BCUT2D eigenvalue weighted by atomic mass is 10.1. The molecule has 2 heterocycles. The summed E-state index contributed by atoms with van der Waals surface area (Å²) in [5.41, 5.74) is 3.51. The Morgan fingerprint density at radius 1 is 1.25 bits per heavy atom. The minimum atomic E-state index is 0.174. The highest BCUT2D eigenvalue weighted by Crippen LogP contribution is 2.24. The quantitative estimate of drug-likeness (QED) is 0.912. The molecule has 0 fully saturated rings. The summed E-state index contributed by atoms with van der Waals surface area (Å²) < 4.78 is 0. The third kappa shape index (κ3) is 2.76. The number of nitrogens with zero attached hydrogens (tertiary/aromatic N) is 2. The number of nitrogens with one attached hydrogen (secondary N) is 2. The van der Waals surface area contributed by atoms with E-state index in [1.807, 2.05) is 24.3 Å². The summed E-state index contributed by atoms with van der Waals surface area (Å²) >= 11 is 5.92. The summed E-state index contributed by atoms with van der Waals surface area (Å²) in [6, 6.07) is 8.06. The zero-order valence-electron chi connectivity index (χ0n) is 11.4. The van der Waals surface area contributed by atoms with E-state index in [0.717, 1.165) is 36.0 Å². The van der Waals surface area contributed by atoms with Crippen LogP contribution in [0.4, 0.5) is 5.82 Å². The second-order valence-electron chi connectivity index (χ2n) is 4.99. The molecule has 0 saturated heterocycles. The van der Waals surface area contributed by atoms with Crippen LogP contribution in [0.25, 0.3) is 0 Å². The van der Waals surface area contributed by atoms with Gasteiger partial charge in [0.15, 0.2) is 0 Å². The standard InChI is InChI=1S/C15H17ClN4/c1-10(11-2-4-12(16)5-3-11)20-15-13-8-17-7-6-14(13)18-9-19-15/h2-5,9-10,17H,6-8H2,1H3,(H,18,19,20). The summed E-state index contributed by atoms with van der Waals surface area (Å²) in [5, 5.41) is 7.59. The summed E-state index contributed by atoms with van der Waals surface area (Å²) in [4.78, 5) is 8.75. The predicted octanol–water partition coefficient (Wildman–Crippen LogP) is 2.95. The molecule has 1 aliphatic heterocycles. The fourth-order valence-electron chi connectivity index (χ4n) is 2.43. The number of fused-ring (bicyclic) bond motifs is 1. The van der Waals surface area contributed by atoms with Crippen molar-refractivity contribution in [3.8, 4) is 0 Å². The summed E-state index contributed by atoms with van der Waals surface area (Å²) in [7, 11) is 0. The number of aromatic nitrogens is 2. The van der Waals surface area contributed by atoms with Crippen LogP contribution in [-0.2, 0) is 13.0 Å². The van der Waals surface area contributed by atoms with E-state index < -0.39 is 0 Å². The first-order chi connectivity index (χ1) is 9.74. The van der Waals surface area contributed by atoms with Gasteiger partial charge in [-0.2, -0.15) is 0 Å². The smallest absolute Gasteiger partial charge is 0.134 e. The van der Waals surface area contributed by atoms with Gasteiger partial charge in [-0.1, -0.05) is 23.7 Å². The molecule has 3 rings (SSSR count). The van der Waals surface area contributed by atoms with Crippen molar-refractivity contribution in [2.45, 2.75) is 25.9 Å². The van der Waals surface area contributed by atoms with Gasteiger partial charge in [0.05, 0.1) is 5.69 Å². The molecule has 0 radical (unpaired) electrons. The predicted molar refractivity (Wildman–Crippen MR) is 80.9 cm³/mol. The van der Waals surface area contributed by atoms with Crippen molar-refractivity contribution in [1.82, 2.24) is 15.3 Å². The largest absolute Gasteiger partial charge is 0.363 e. The number of anilines is 1. The first kappa shape index (κ1) is 13.3. The molecule has 0 amide bonds. The number of hydrogen-bond acceptors (Lipinski definition) is 4. The van der Waals surface area contributed by atoms with Crippen molar-refractivity contribution in [3.63, 3.8) is 0 Å². The van der Waals surface area contributed by atoms with E-state index in [-0.39, 0.29) is 6.04 Å². The Morgan fingerprint density at radius 3 is 2.85 bits per heavy atom. The van der Waals surface area contributed by atoms with Crippen LogP contribution in [0.2, 0.25) is 5.02 Å². The lowest BCUT2D eigenvalue weighted by Gasteiger charge is -2.22. The fraction of sp³-hybridized carbons (Fsp3) is 0.333. The van der Waals surface area contributed by atoms with Crippen LogP contribution < -0.4 is 10.6 Å². The highest BCUT2D eigenvalue weighted by atomic mass is 35.5. The highest BCUT2D eigenvalue weighted by molar-refractivity contribution is 6.30. The molecule has 1 aromatic carbocycles. The molecule has 0 bridgehead atoms. The van der Waals surface area contributed by atoms with E-state index in [9.17, 15) is 0 Å². The maximum Gasteiger partial charge on any atom is 0.134 e. The molecule has 0 aliphatic carbocycles. The van der Waals surface area contributed by atoms with Crippen molar-refractivity contribution in [2.24, 2.45) is 0 Å². The van der Waals surface area contributed by atoms with Crippen LogP contribution in [0, 0.1) is 0 Å². The average Bonchev–Trinajstić information content (AvgIpc) is 2.48. The van der Waals surface area contributed by atoms with Crippen LogP contribution in [-0.4, -0.2) is 16.5 Å². The Hall–Kier alpha value is -1.65. The summed E-state index contributed by atoms with van der Waals surface area (Å²) in [6.45, 7) is 3.93. The molecule has 4 nitrogen and oxygen atoms in total. The molecule has 1 atom stereocenters. The molecule has 0 saturated carbocycles. The minimum absolute atomic E-state index is 0.174. The van der Waals surface area contributed by atoms with Crippen LogP contribution in [0.15, 0.2) is 30.6 Å². The van der Waals surface area contributed by atoms with E-state index >= 15 is 0 Å². The van der Waals surface area contributed by atoms with Gasteiger partial charge >= 0.3 is 0 Å². The van der Waals surface area contributed by atoms with Gasteiger partial charge in [0.1, 0.15) is 12.1 Å². The van der Waals surface area contributed by atoms with E-state index in [1.54, 1.807) is 6.33 Å². The van der Waals surface area contributed by atoms with Crippen LogP contribution >= 0.6 is 11.6 Å². The fourth-order valence-corrected chi connectivity index (χ4v) is 2.56. The van der Waals surface area contributed by atoms with Crippen molar-refractivity contribution >= 4 is 17.4 Å². The normalized spacial score (nSPS) is 15.5. The molecule has 20 heavy (non-hydrogen) atoms. The van der Waals surface area contributed by atoms with E-state index in [4.69, 9.17) is 11.6 Å². The monoisotopic (exact) mass is 288 g/mol. The van der Waals surface area contributed by atoms with Gasteiger partial charge in [-0.25, -0.2) is 9.97 Å². The van der Waals surface area contributed by atoms with Crippen molar-refractivity contribution < 1.29 is 0 Å². The van der Waals surface area contributed by atoms with Gasteiger partial charge in [-0.15, -0.1) is 0 Å². The highest BCUT2D eigenvalue weighted by Gasteiger charge is 2.16. The molecule has 5 heteroatoms. The lowest BCUT2D eigenvalue weighted by Crippen LogP contribution is -2.26. The van der Waals surface area contributed by atoms with E-state index in [1.165, 1.54) is 11.1 Å². The molecule has 1 aromatic heterocycles. The third-order valence-electron chi connectivity index (χ3n) is 3.60. The molecule has 1 unspecified atom stereocenters. The molecule has 1 aliphatic rings. The first-order valence-electron chi connectivity index (χ1n) is 6.79. The Morgan fingerprint density at radius 2 is 2.05 bits per heavy atom. The lowest BCUT2D eigenvalue weighted by molar-refractivity contribution is 0.625. The van der Waals surface area contributed by atoms with Gasteiger partial charge < -0.3 is 10.6 Å². The zero-order chi connectivity index (χ0) is 13.9. The van der Waals surface area contributed by atoms with Crippen molar-refractivity contribution in [3.05, 3.63) is 52.4 Å². The average molecular weight is 289 g/mol. The SMILES string of the molecule is CC(Nc1ncnc2c1CNCC2)c1ccc(Cl)cc1. The summed E-state index contributed by atoms with van der Waals surface area (Å²) in [6.07, 6.45) is 2.60. The molecule has 2 aromatic rings. The molecular formula is C15H17ClN4. The molecule has 104 valence electrons. The van der Waals surface area contributed by atoms with E-state index in [2.05, 4.69) is 27.5 Å². The Kier molecular flexibility index (Phi) is 3.85. The Balaban J connectivity index is 1.82. The molecular weight excluding hydrogens is 272 g/mol. The molecule has 2 N–H and O–H groups in total. The van der Waals surface area contributed by atoms with Crippen molar-refractivity contribution in [2.75, 3.05) is 11.9 Å². The number of benzene rings is 1. The second kappa shape index (κ2) is 5.77. The topological polar surface area (TPSA) is 49.8 Å². The zero-order valence-corrected chi connectivity index (χ0v) is 12.1. The number of rotatable bonds is 3. The van der Waals surface area contributed by atoms with Gasteiger partial charge in [-0.05, 0) is 24.6 Å². The Labute approximate surface area is 123 Å². The molecule has 0 spiro atoms. The van der Waals surface area contributed by atoms with Gasteiger partial charge in [0.2, 0.25) is 0 Å². The van der Waals surface area contributed by atoms with Crippen LogP contribution in [0.1, 0.15) is 29.8 Å². The maximum atomic E-state index is 5.92. The Bertz CT molecular complexity index is 597. The van der Waals surface area contributed by atoms with Crippen molar-refractivity contribution in [1.29, 1.82) is 0 Å². The van der Waals surface area contributed by atoms with Gasteiger partial charge in [0.25, 0.3) is 0 Å². The van der Waals surface area contributed by atoms with Crippen LogP contribution in [0.5, 0.6) is 0 Å². The van der Waals surface area contributed by atoms with Crippen LogP contribution in [0.3, 0.4) is 0 Å². The van der Waals surface area contributed by atoms with E-state index in [0.29, 0.717) is 0 Å². The second-order valence-corrected chi connectivity index (χ2v) is 5.43. The summed E-state index contributed by atoms with van der Waals surface area (Å²) in [5.74, 6) is 0.921.